The fourth-order valence-electron chi connectivity index (χ4n) is 2.82. The highest BCUT2D eigenvalue weighted by atomic mass is 32.2. The molecule has 1 saturated heterocycles. The van der Waals surface area contributed by atoms with E-state index < -0.39 is 22.2 Å². The summed E-state index contributed by atoms with van der Waals surface area (Å²) in [4.78, 5) is 23.3. The molecule has 0 radical (unpaired) electrons. The maximum absolute atomic E-state index is 13.0. The van der Waals surface area contributed by atoms with Crippen LogP contribution in [0.5, 0.6) is 0 Å². The molecule has 1 aliphatic heterocycles. The lowest BCUT2D eigenvalue weighted by molar-refractivity contribution is -0.192. The smallest absolute Gasteiger partial charge is 0.475 e. The van der Waals surface area contributed by atoms with E-state index in [-0.39, 0.29) is 30.5 Å². The Morgan fingerprint density at radius 3 is 2.12 bits per heavy atom. The first-order chi connectivity index (χ1) is 15.3. The standard InChI is InChI=1S/C18H29N3O4S.C2HF3O2/c1-15(2)16-4-6-17(7-5-16)26(23,24)21(12-13-25-3)14-18(22)20-10-8-19-9-11-20;3-2(4,5)1(6)7/h4-7,15,19H,8-14H2,1-3H3;(H,6,7). The van der Waals surface area contributed by atoms with E-state index >= 15 is 0 Å². The number of carbonyl (C=O) groups is 2. The molecule has 1 heterocycles. The SMILES string of the molecule is COCCN(CC(=O)N1CCNCC1)S(=O)(=O)c1ccc(C(C)C)cc1.O=C(O)C(F)(F)F. The molecule has 9 nitrogen and oxygen atoms in total. The molecule has 0 aromatic heterocycles. The monoisotopic (exact) mass is 497 g/mol. The number of rotatable bonds is 8. The first-order valence-electron chi connectivity index (χ1n) is 10.2. The zero-order valence-corrected chi connectivity index (χ0v) is 19.6. The summed E-state index contributed by atoms with van der Waals surface area (Å²) in [5.41, 5.74) is 1.07. The molecule has 0 atom stereocenters. The normalized spacial score (nSPS) is 14.7. The van der Waals surface area contributed by atoms with Crippen molar-refractivity contribution in [1.82, 2.24) is 14.5 Å². The summed E-state index contributed by atoms with van der Waals surface area (Å²) < 4.78 is 64.0. The first-order valence-corrected chi connectivity index (χ1v) is 11.6. The lowest BCUT2D eigenvalue weighted by atomic mass is 10.0. The van der Waals surface area contributed by atoms with E-state index in [2.05, 4.69) is 19.2 Å². The third-order valence-corrected chi connectivity index (χ3v) is 6.61. The third-order valence-electron chi connectivity index (χ3n) is 4.75. The average molecular weight is 498 g/mol. The highest BCUT2D eigenvalue weighted by Gasteiger charge is 2.38. The number of aliphatic carboxylic acids is 1. The van der Waals surface area contributed by atoms with Gasteiger partial charge in [0.15, 0.2) is 0 Å². The highest BCUT2D eigenvalue weighted by Crippen LogP contribution is 2.20. The molecule has 0 saturated carbocycles. The number of halogens is 3. The number of nitrogens with zero attached hydrogens (tertiary/aromatic N) is 2. The van der Waals surface area contributed by atoms with Crippen molar-refractivity contribution in [1.29, 1.82) is 0 Å². The van der Waals surface area contributed by atoms with Crippen LogP contribution in [0.4, 0.5) is 13.2 Å². The van der Waals surface area contributed by atoms with Crippen molar-refractivity contribution in [2.24, 2.45) is 0 Å². The number of carboxylic acids is 1. The predicted octanol–water partition coefficient (Wildman–Crippen LogP) is 1.51. The molecule has 1 aromatic carbocycles. The highest BCUT2D eigenvalue weighted by molar-refractivity contribution is 7.89. The topological polar surface area (TPSA) is 116 Å². The molecule has 0 bridgehead atoms. The molecule has 1 aliphatic rings. The van der Waals surface area contributed by atoms with E-state index in [4.69, 9.17) is 14.6 Å². The average Bonchev–Trinajstić information content (AvgIpc) is 2.76. The Morgan fingerprint density at radius 2 is 1.70 bits per heavy atom. The number of hydrogen-bond acceptors (Lipinski definition) is 6. The van der Waals surface area contributed by atoms with Gasteiger partial charge in [0, 0.05) is 39.8 Å². The van der Waals surface area contributed by atoms with Gasteiger partial charge < -0.3 is 20.1 Å². The molecule has 1 aromatic rings. The van der Waals surface area contributed by atoms with Crippen LogP contribution in [0.25, 0.3) is 0 Å². The van der Waals surface area contributed by atoms with Crippen molar-refractivity contribution >= 4 is 21.9 Å². The van der Waals surface area contributed by atoms with Gasteiger partial charge in [-0.3, -0.25) is 4.79 Å². The van der Waals surface area contributed by atoms with Gasteiger partial charge in [-0.25, -0.2) is 13.2 Å². The van der Waals surface area contributed by atoms with Gasteiger partial charge in [0.2, 0.25) is 15.9 Å². The molecule has 2 N–H and O–H groups in total. The summed E-state index contributed by atoms with van der Waals surface area (Å²) in [6, 6.07) is 6.87. The molecule has 0 spiro atoms. The van der Waals surface area contributed by atoms with Crippen LogP contribution in [0, 0.1) is 0 Å². The number of carboxylic acid groups (broad SMARTS) is 1. The Bertz CT molecular complexity index is 870. The number of amides is 1. The quantitative estimate of drug-likeness (QED) is 0.559. The Labute approximate surface area is 191 Å². The number of nitrogens with one attached hydrogen (secondary N) is 1. The number of carbonyl (C=O) groups excluding carboxylic acids is 1. The van der Waals surface area contributed by atoms with Crippen LogP contribution in [-0.4, -0.2) is 93.8 Å². The van der Waals surface area contributed by atoms with E-state index in [0.29, 0.717) is 19.0 Å². The minimum absolute atomic E-state index is 0.141. The zero-order chi connectivity index (χ0) is 25.2. The lowest BCUT2D eigenvalue weighted by Crippen LogP contribution is -2.50. The van der Waals surface area contributed by atoms with Gasteiger partial charge in [-0.05, 0) is 23.6 Å². The van der Waals surface area contributed by atoms with Crippen LogP contribution in [-0.2, 0) is 24.3 Å². The van der Waals surface area contributed by atoms with Crippen molar-refractivity contribution in [3.05, 3.63) is 29.8 Å². The molecule has 0 unspecified atom stereocenters. The number of hydrogen-bond donors (Lipinski definition) is 2. The van der Waals surface area contributed by atoms with Crippen molar-refractivity contribution in [2.45, 2.75) is 30.8 Å². The number of methoxy groups -OCH3 is 1. The second kappa shape index (κ2) is 12.9. The maximum Gasteiger partial charge on any atom is 0.490 e. The van der Waals surface area contributed by atoms with Gasteiger partial charge in [-0.1, -0.05) is 26.0 Å². The van der Waals surface area contributed by atoms with Crippen molar-refractivity contribution in [3.8, 4) is 0 Å². The number of piperazine rings is 1. The van der Waals surface area contributed by atoms with Crippen LogP contribution in [0.3, 0.4) is 0 Å². The summed E-state index contributed by atoms with van der Waals surface area (Å²) in [7, 11) is -2.25. The molecule has 0 aliphatic carbocycles. The van der Waals surface area contributed by atoms with Gasteiger partial charge in [0.25, 0.3) is 0 Å². The van der Waals surface area contributed by atoms with E-state index in [0.717, 1.165) is 18.7 Å². The minimum atomic E-state index is -5.08. The number of sulfonamides is 1. The molecular formula is C20H30F3N3O6S. The summed E-state index contributed by atoms with van der Waals surface area (Å²) in [5, 5.41) is 10.3. The Balaban J connectivity index is 0.000000675. The molecule has 1 amide bonds. The fourth-order valence-corrected chi connectivity index (χ4v) is 4.19. The van der Waals surface area contributed by atoms with E-state index in [1.807, 2.05) is 12.1 Å². The van der Waals surface area contributed by atoms with Gasteiger partial charge in [-0.2, -0.15) is 17.5 Å². The van der Waals surface area contributed by atoms with Crippen LogP contribution in [0.2, 0.25) is 0 Å². The molecular weight excluding hydrogens is 467 g/mol. The van der Waals surface area contributed by atoms with E-state index in [1.54, 1.807) is 17.0 Å². The molecule has 1 fully saturated rings. The van der Waals surface area contributed by atoms with Crippen LogP contribution in [0.1, 0.15) is 25.3 Å². The van der Waals surface area contributed by atoms with Crippen molar-refractivity contribution in [3.63, 3.8) is 0 Å². The summed E-state index contributed by atoms with van der Waals surface area (Å²) in [5.74, 6) is -2.61. The van der Waals surface area contributed by atoms with E-state index in [1.165, 1.54) is 11.4 Å². The molecule has 13 heteroatoms. The Morgan fingerprint density at radius 1 is 1.18 bits per heavy atom. The fraction of sp³-hybridized carbons (Fsp3) is 0.600. The minimum Gasteiger partial charge on any atom is -0.475 e. The van der Waals surface area contributed by atoms with Crippen molar-refractivity contribution < 1.29 is 41.0 Å². The number of alkyl halides is 3. The zero-order valence-electron chi connectivity index (χ0n) is 18.8. The first kappa shape index (κ1) is 28.8. The second-order valence-electron chi connectivity index (χ2n) is 7.49. The van der Waals surface area contributed by atoms with E-state index in [9.17, 15) is 26.4 Å². The third kappa shape index (κ3) is 9.27. The molecule has 33 heavy (non-hydrogen) atoms. The molecule has 188 valence electrons. The van der Waals surface area contributed by atoms with Crippen LogP contribution in [0.15, 0.2) is 29.2 Å². The predicted molar refractivity (Wildman–Crippen MR) is 114 cm³/mol. The lowest BCUT2D eigenvalue weighted by Gasteiger charge is -2.30. The number of benzene rings is 1. The Kier molecular flexibility index (Phi) is 11.2. The van der Waals surface area contributed by atoms with Gasteiger partial charge in [0.1, 0.15) is 0 Å². The summed E-state index contributed by atoms with van der Waals surface area (Å²) in [6.45, 7) is 6.97. The van der Waals surface area contributed by atoms with Gasteiger partial charge in [0.05, 0.1) is 18.0 Å². The Hall–Kier alpha value is -2.22. The van der Waals surface area contributed by atoms with Crippen molar-refractivity contribution in [2.75, 3.05) is 53.0 Å². The van der Waals surface area contributed by atoms with Crippen LogP contribution >= 0.6 is 0 Å². The van der Waals surface area contributed by atoms with Crippen LogP contribution < -0.4 is 5.32 Å². The second-order valence-corrected chi connectivity index (χ2v) is 9.43. The number of ether oxygens (including phenoxy) is 1. The maximum atomic E-state index is 13.0. The largest absolute Gasteiger partial charge is 0.490 e. The summed E-state index contributed by atoms with van der Waals surface area (Å²) in [6.07, 6.45) is -5.08. The summed E-state index contributed by atoms with van der Waals surface area (Å²) >= 11 is 0. The van der Waals surface area contributed by atoms with Gasteiger partial charge >= 0.3 is 12.1 Å². The molecule has 2 rings (SSSR count). The van der Waals surface area contributed by atoms with Gasteiger partial charge in [-0.15, -0.1) is 0 Å².